The number of rotatable bonds is 7. The van der Waals surface area contributed by atoms with Crippen molar-refractivity contribution in [2.24, 2.45) is 11.3 Å². The largest absolute Gasteiger partial charge is 0.477 e. The molecule has 6 rings (SSSR count). The van der Waals surface area contributed by atoms with E-state index in [0.717, 1.165) is 11.1 Å². The number of ketones is 1. The molecule has 3 aliphatic rings. The number of esters is 1. The quantitative estimate of drug-likeness (QED) is 0.258. The fraction of sp³-hybridized carbons (Fsp3) is 0.371. The first-order valence-electron chi connectivity index (χ1n) is 14.7. The molecule has 0 amide bonds. The first-order chi connectivity index (χ1) is 20.0. The molecule has 3 aromatic rings. The third kappa shape index (κ3) is 4.16. The van der Waals surface area contributed by atoms with Crippen LogP contribution in [-0.4, -0.2) is 38.9 Å². The third-order valence-electron chi connectivity index (χ3n) is 9.45. The van der Waals surface area contributed by atoms with E-state index >= 15 is 0 Å². The second-order valence-electron chi connectivity index (χ2n) is 13.0. The lowest BCUT2D eigenvalue weighted by Gasteiger charge is -2.48. The van der Waals surface area contributed by atoms with Crippen LogP contribution in [0.4, 0.5) is 0 Å². The van der Waals surface area contributed by atoms with Crippen LogP contribution in [0.25, 0.3) is 5.76 Å². The molecule has 2 aromatic carbocycles. The van der Waals surface area contributed by atoms with E-state index in [1.165, 1.54) is 10.4 Å². The standard InChI is InChI=1S/C35H38O6Si/c1-24(21-40-42(33(2,3)4,26-12-8-6-9-13-26)27-14-10-7-11-15-27)28-20-30(25-17-19-38-22-25)41-35-23-39-32(37)34(35,5)18-16-29(36)31(28)35/h6-15,17,19-20,22,24H,16,18,21,23H2,1-5H3/t24?,34-,35+/m0/s1. The number of hydrogen-bond donors (Lipinski definition) is 0. The molecule has 7 heteroatoms. The van der Waals surface area contributed by atoms with Crippen LogP contribution in [0.3, 0.4) is 0 Å². The zero-order valence-electron chi connectivity index (χ0n) is 24.9. The van der Waals surface area contributed by atoms with Crippen molar-refractivity contribution in [3.8, 4) is 0 Å². The van der Waals surface area contributed by atoms with Crippen molar-refractivity contribution in [1.29, 1.82) is 0 Å². The van der Waals surface area contributed by atoms with Gasteiger partial charge in [0.2, 0.25) is 0 Å². The van der Waals surface area contributed by atoms with Crippen molar-refractivity contribution in [2.45, 2.75) is 58.1 Å². The molecule has 6 nitrogen and oxygen atoms in total. The molecule has 0 bridgehead atoms. The predicted octanol–water partition coefficient (Wildman–Crippen LogP) is 5.82. The summed E-state index contributed by atoms with van der Waals surface area (Å²) in [7, 11) is -2.81. The van der Waals surface area contributed by atoms with Crippen LogP contribution < -0.4 is 10.4 Å². The lowest BCUT2D eigenvalue weighted by atomic mass is 9.60. The van der Waals surface area contributed by atoms with Gasteiger partial charge in [0.05, 0.1) is 11.8 Å². The van der Waals surface area contributed by atoms with E-state index in [1.54, 1.807) is 12.5 Å². The Kier molecular flexibility index (Phi) is 6.94. The van der Waals surface area contributed by atoms with Crippen LogP contribution in [0.2, 0.25) is 5.04 Å². The van der Waals surface area contributed by atoms with Gasteiger partial charge in [-0.3, -0.25) is 9.59 Å². The Morgan fingerprint density at radius 1 is 0.976 bits per heavy atom. The SMILES string of the molecule is CC(CO[Si](c1ccccc1)(c1ccccc1)C(C)(C)C)C1=C2C(=O)CC[C@@]3(C)C(=O)OC[C@@]23OC(c2ccoc2)=C1. The molecule has 0 N–H and O–H groups in total. The fourth-order valence-corrected chi connectivity index (χ4v) is 11.7. The van der Waals surface area contributed by atoms with E-state index in [1.807, 2.05) is 31.2 Å². The third-order valence-corrected chi connectivity index (χ3v) is 14.5. The molecule has 2 fully saturated rings. The summed E-state index contributed by atoms with van der Waals surface area (Å²) in [6, 6.07) is 22.9. The topological polar surface area (TPSA) is 75.0 Å². The van der Waals surface area contributed by atoms with Crippen molar-refractivity contribution in [2.75, 3.05) is 13.2 Å². The van der Waals surface area contributed by atoms with Gasteiger partial charge in [-0.05, 0) is 46.5 Å². The average Bonchev–Trinajstić information content (AvgIpc) is 3.61. The number of ether oxygens (including phenoxy) is 2. The molecular weight excluding hydrogens is 544 g/mol. The number of hydrogen-bond acceptors (Lipinski definition) is 6. The number of furan rings is 1. The van der Waals surface area contributed by atoms with Gasteiger partial charge in [-0.2, -0.15) is 0 Å². The van der Waals surface area contributed by atoms with Gasteiger partial charge in [0, 0.05) is 24.5 Å². The number of carbonyl (C=O) groups excluding carboxylic acids is 2. The minimum Gasteiger partial charge on any atom is -0.477 e. The van der Waals surface area contributed by atoms with Gasteiger partial charge in [0.25, 0.3) is 8.32 Å². The molecule has 1 aliphatic carbocycles. The monoisotopic (exact) mass is 582 g/mol. The number of allylic oxidation sites excluding steroid dienone is 1. The van der Waals surface area contributed by atoms with E-state index in [0.29, 0.717) is 24.4 Å². The van der Waals surface area contributed by atoms with Crippen LogP contribution in [0, 0.1) is 11.3 Å². The van der Waals surface area contributed by atoms with Crippen molar-refractivity contribution in [3.63, 3.8) is 0 Å². The van der Waals surface area contributed by atoms with Gasteiger partial charge in [-0.1, -0.05) is 88.4 Å². The van der Waals surface area contributed by atoms with Crippen LogP contribution in [-0.2, 0) is 23.5 Å². The van der Waals surface area contributed by atoms with E-state index in [-0.39, 0.29) is 35.7 Å². The maximum atomic E-state index is 13.7. The molecule has 218 valence electrons. The highest BCUT2D eigenvalue weighted by Crippen LogP contribution is 2.57. The first-order valence-corrected chi connectivity index (χ1v) is 16.6. The molecule has 1 unspecified atom stereocenters. The maximum absolute atomic E-state index is 13.7. The summed E-state index contributed by atoms with van der Waals surface area (Å²) in [6.45, 7) is 11.1. The Labute approximate surface area is 248 Å². The van der Waals surface area contributed by atoms with Crippen molar-refractivity contribution >= 4 is 36.2 Å². The average molecular weight is 583 g/mol. The molecule has 0 radical (unpaired) electrons. The van der Waals surface area contributed by atoms with E-state index < -0.39 is 19.3 Å². The van der Waals surface area contributed by atoms with Gasteiger partial charge in [0.1, 0.15) is 24.0 Å². The van der Waals surface area contributed by atoms with Crippen LogP contribution in [0.5, 0.6) is 0 Å². The van der Waals surface area contributed by atoms with Gasteiger partial charge < -0.3 is 18.3 Å². The Morgan fingerprint density at radius 3 is 2.19 bits per heavy atom. The first kappa shape index (κ1) is 28.4. The molecular formula is C35H38O6Si. The van der Waals surface area contributed by atoms with Gasteiger partial charge in [0.15, 0.2) is 11.4 Å². The molecule has 1 saturated heterocycles. The maximum Gasteiger partial charge on any atom is 0.316 e. The number of cyclic esters (lactones) is 1. The number of benzene rings is 2. The molecule has 2 aliphatic heterocycles. The molecule has 3 atom stereocenters. The van der Waals surface area contributed by atoms with E-state index in [9.17, 15) is 9.59 Å². The molecule has 1 saturated carbocycles. The summed E-state index contributed by atoms with van der Waals surface area (Å²) in [5.74, 6) is 0.0717. The van der Waals surface area contributed by atoms with Crippen molar-refractivity contribution in [3.05, 3.63) is 102 Å². The Bertz CT molecular complexity index is 1510. The van der Waals surface area contributed by atoms with Crippen molar-refractivity contribution in [1.82, 2.24) is 0 Å². The van der Waals surface area contributed by atoms with Crippen LogP contribution in [0.15, 0.2) is 101 Å². The summed E-state index contributed by atoms with van der Waals surface area (Å²) in [5, 5.41) is 2.21. The molecule has 42 heavy (non-hydrogen) atoms. The van der Waals surface area contributed by atoms with Gasteiger partial charge in [-0.15, -0.1) is 0 Å². The minimum atomic E-state index is -2.81. The van der Waals surface area contributed by atoms with Crippen LogP contribution >= 0.6 is 0 Å². The second kappa shape index (κ2) is 10.2. The fourth-order valence-electron chi connectivity index (χ4n) is 7.07. The predicted molar refractivity (Wildman–Crippen MR) is 164 cm³/mol. The zero-order valence-corrected chi connectivity index (χ0v) is 25.9. The lowest BCUT2D eigenvalue weighted by Crippen LogP contribution is -2.67. The Balaban J connectivity index is 1.47. The number of carbonyl (C=O) groups is 2. The highest BCUT2D eigenvalue weighted by Gasteiger charge is 2.68. The van der Waals surface area contributed by atoms with Gasteiger partial charge in [-0.25, -0.2) is 0 Å². The smallest absolute Gasteiger partial charge is 0.316 e. The summed E-state index contributed by atoms with van der Waals surface area (Å²) in [5.41, 5.74) is -0.0244. The van der Waals surface area contributed by atoms with E-state index in [4.69, 9.17) is 18.3 Å². The molecule has 1 aromatic heterocycles. The van der Waals surface area contributed by atoms with E-state index in [2.05, 4.69) is 76.2 Å². The lowest BCUT2D eigenvalue weighted by molar-refractivity contribution is -0.149. The Morgan fingerprint density at radius 2 is 1.62 bits per heavy atom. The highest BCUT2D eigenvalue weighted by molar-refractivity contribution is 6.99. The highest BCUT2D eigenvalue weighted by atomic mass is 28.4. The molecule has 1 spiro atoms. The summed E-state index contributed by atoms with van der Waals surface area (Å²) in [4.78, 5) is 26.9. The zero-order chi connectivity index (χ0) is 29.8. The second-order valence-corrected chi connectivity index (χ2v) is 17.3. The minimum absolute atomic E-state index is 0.000525. The Hall–Kier alpha value is -3.68. The van der Waals surface area contributed by atoms with Crippen molar-refractivity contribution < 1.29 is 27.9 Å². The van der Waals surface area contributed by atoms with Crippen LogP contribution in [0.1, 0.15) is 53.0 Å². The molecule has 3 heterocycles. The van der Waals surface area contributed by atoms with Gasteiger partial charge >= 0.3 is 5.97 Å². The number of Topliss-reactive ketones (excluding diaryl/α,β-unsaturated/α-hetero) is 1. The normalized spacial score (nSPS) is 24.8. The summed E-state index contributed by atoms with van der Waals surface area (Å²) in [6.07, 6.45) is 5.80. The summed E-state index contributed by atoms with van der Waals surface area (Å²) >= 11 is 0. The summed E-state index contributed by atoms with van der Waals surface area (Å²) < 4.78 is 25.0.